The number of hydrogen-bond donors (Lipinski definition) is 2. The third kappa shape index (κ3) is 5.73. The van der Waals surface area contributed by atoms with Crippen LogP contribution in [0.1, 0.15) is 57.0 Å². The van der Waals surface area contributed by atoms with E-state index in [2.05, 4.69) is 231 Å². The van der Waals surface area contributed by atoms with Gasteiger partial charge in [0.1, 0.15) is 0 Å². The van der Waals surface area contributed by atoms with Crippen LogP contribution in [0.25, 0.3) is 88.3 Å². The lowest BCUT2D eigenvalue weighted by Gasteiger charge is -2.31. The molecule has 0 amide bonds. The Morgan fingerprint density at radius 3 is 1.13 bits per heavy atom. The van der Waals surface area contributed by atoms with Crippen molar-refractivity contribution in [3.63, 3.8) is 0 Å². The molecule has 0 fully saturated rings. The van der Waals surface area contributed by atoms with Crippen LogP contribution in [-0.2, 0) is 10.8 Å². The van der Waals surface area contributed by atoms with E-state index in [1.807, 2.05) is 31.2 Å². The first kappa shape index (κ1) is 43.9. The number of nitrogens with one attached hydrogen (secondary N) is 1. The second-order valence-electron chi connectivity index (χ2n) is 20.7. The van der Waals surface area contributed by atoms with E-state index < -0.39 is 10.8 Å². The third-order valence-electron chi connectivity index (χ3n) is 17.3. The molecular formula is C74H50N2. The Kier molecular flexibility index (Phi) is 9.50. The van der Waals surface area contributed by atoms with Crippen LogP contribution in [0.15, 0.2) is 273 Å². The van der Waals surface area contributed by atoms with Gasteiger partial charge in [-0.25, -0.2) is 0 Å². The SMILES string of the molecule is C=C(/C=C\C(=N)c1ccc2c(-c3ccc4c(c3)C3(c5ccccc5-c5ccccc53)c3ccccc3-4)c3ccccc3c(-c3ccc4c(c3)C3(c5ccccc5-c5ccccc53)c3ccccc3-4)c2c1)C(/C=C\N)=C/C. The smallest absolute Gasteiger partial charge is 0.0725 e. The van der Waals surface area contributed by atoms with Gasteiger partial charge in [-0.2, -0.15) is 0 Å². The van der Waals surface area contributed by atoms with E-state index in [9.17, 15) is 5.41 Å². The number of rotatable bonds is 7. The molecule has 2 nitrogen and oxygen atoms in total. The van der Waals surface area contributed by atoms with Crippen LogP contribution in [0.2, 0.25) is 0 Å². The zero-order valence-electron chi connectivity index (χ0n) is 42.0. The van der Waals surface area contributed by atoms with Gasteiger partial charge in [-0.15, -0.1) is 0 Å². The summed E-state index contributed by atoms with van der Waals surface area (Å²) in [7, 11) is 0. The largest absolute Gasteiger partial charge is 0.405 e. The minimum atomic E-state index is -0.499. The summed E-state index contributed by atoms with van der Waals surface area (Å²) in [6.07, 6.45) is 9.14. The Labute approximate surface area is 443 Å². The van der Waals surface area contributed by atoms with Crippen LogP contribution in [0, 0.1) is 5.41 Å². The first-order valence-electron chi connectivity index (χ1n) is 26.3. The molecule has 4 aliphatic rings. The van der Waals surface area contributed by atoms with Crippen LogP contribution in [0.3, 0.4) is 0 Å². The van der Waals surface area contributed by atoms with Crippen LogP contribution in [-0.4, -0.2) is 5.71 Å². The van der Waals surface area contributed by atoms with E-state index in [0.717, 1.165) is 49.6 Å². The van der Waals surface area contributed by atoms with Gasteiger partial charge in [-0.3, -0.25) is 0 Å². The van der Waals surface area contributed by atoms with E-state index >= 15 is 0 Å². The van der Waals surface area contributed by atoms with Crippen LogP contribution in [0.4, 0.5) is 0 Å². The molecule has 2 spiro atoms. The Balaban J connectivity index is 1.00. The fraction of sp³-hybridized carbons (Fsp3) is 0.0405. The van der Waals surface area contributed by atoms with E-state index in [-0.39, 0.29) is 0 Å². The van der Waals surface area contributed by atoms with Gasteiger partial charge < -0.3 is 11.1 Å². The predicted molar refractivity (Wildman–Crippen MR) is 317 cm³/mol. The second-order valence-corrected chi connectivity index (χ2v) is 20.7. The van der Waals surface area contributed by atoms with E-state index in [1.165, 1.54) is 106 Å². The molecule has 3 N–H and O–H groups in total. The Morgan fingerprint density at radius 2 is 0.737 bits per heavy atom. The van der Waals surface area contributed by atoms with Gasteiger partial charge in [0.2, 0.25) is 0 Å². The molecule has 4 aliphatic carbocycles. The second kappa shape index (κ2) is 16.4. The van der Waals surface area contributed by atoms with Crippen molar-refractivity contribution in [1.29, 1.82) is 5.41 Å². The molecule has 11 aromatic carbocycles. The van der Waals surface area contributed by atoms with Crippen molar-refractivity contribution in [3.8, 4) is 66.8 Å². The minimum Gasteiger partial charge on any atom is -0.405 e. The van der Waals surface area contributed by atoms with Crippen molar-refractivity contribution >= 4 is 27.3 Å². The van der Waals surface area contributed by atoms with Gasteiger partial charge in [0.25, 0.3) is 0 Å². The highest BCUT2D eigenvalue weighted by Gasteiger charge is 2.53. The zero-order chi connectivity index (χ0) is 50.9. The lowest BCUT2D eigenvalue weighted by molar-refractivity contribution is 0.794. The molecule has 0 saturated carbocycles. The van der Waals surface area contributed by atoms with Gasteiger partial charge in [-0.05, 0) is 187 Å². The average Bonchev–Trinajstić information content (AvgIpc) is 4.32. The van der Waals surface area contributed by atoms with Gasteiger partial charge in [0.05, 0.1) is 16.5 Å². The highest BCUT2D eigenvalue weighted by molar-refractivity contribution is 6.23. The van der Waals surface area contributed by atoms with Crippen LogP contribution in [0.5, 0.6) is 0 Å². The third-order valence-corrected chi connectivity index (χ3v) is 17.3. The Hall–Kier alpha value is -9.63. The molecule has 0 unspecified atom stereocenters. The summed E-state index contributed by atoms with van der Waals surface area (Å²) in [5, 5.41) is 14.2. The van der Waals surface area contributed by atoms with Gasteiger partial charge in [-0.1, -0.05) is 225 Å². The number of allylic oxidation sites excluding steroid dienone is 6. The maximum absolute atomic E-state index is 9.64. The zero-order valence-corrected chi connectivity index (χ0v) is 42.0. The van der Waals surface area contributed by atoms with Crippen LogP contribution >= 0.6 is 0 Å². The molecule has 76 heavy (non-hydrogen) atoms. The Morgan fingerprint density at radius 1 is 0.382 bits per heavy atom. The van der Waals surface area contributed by atoms with Gasteiger partial charge >= 0.3 is 0 Å². The molecule has 0 aromatic heterocycles. The summed E-state index contributed by atoms with van der Waals surface area (Å²) in [5.74, 6) is 0. The average molecular weight is 967 g/mol. The van der Waals surface area contributed by atoms with Crippen molar-refractivity contribution in [2.75, 3.05) is 0 Å². The molecule has 0 bridgehead atoms. The van der Waals surface area contributed by atoms with Crippen molar-refractivity contribution in [1.82, 2.24) is 0 Å². The predicted octanol–water partition coefficient (Wildman–Crippen LogP) is 17.9. The molecule has 2 heteroatoms. The van der Waals surface area contributed by atoms with Crippen molar-refractivity contribution < 1.29 is 0 Å². The highest BCUT2D eigenvalue weighted by atomic mass is 14.5. The summed E-state index contributed by atoms with van der Waals surface area (Å²) in [6.45, 7) is 6.30. The molecule has 0 radical (unpaired) electrons. The van der Waals surface area contributed by atoms with Crippen molar-refractivity contribution in [2.24, 2.45) is 5.73 Å². The highest BCUT2D eigenvalue weighted by Crippen LogP contribution is 2.65. The summed E-state index contributed by atoms with van der Waals surface area (Å²) in [6, 6.07) is 84.3. The molecule has 0 heterocycles. The maximum atomic E-state index is 9.64. The van der Waals surface area contributed by atoms with Gasteiger partial charge in [0.15, 0.2) is 0 Å². The number of hydrogen-bond acceptors (Lipinski definition) is 2. The molecule has 0 saturated heterocycles. The van der Waals surface area contributed by atoms with Crippen molar-refractivity contribution in [3.05, 3.63) is 323 Å². The standard InChI is InChI=1S/C74H50N2/c1-3-46(40-41-75)45(2)32-39-70(76)47-33-38-60-61(42-47)72(49-35-37-57-55-23-11-17-31-67(55)74(69(57)44-49)64-28-14-8-20-52(64)53-21-9-15-29-65(53)74)59-25-5-4-24-58(59)71(60)48-34-36-56-54-22-10-16-30-66(54)73(68(56)43-48)62-26-12-6-18-50(62)51-19-7-13-27-63(51)73/h3-44,76H,2,75H2,1H3/b39-32-,41-40-,46-3+,76-70?. The molecule has 11 aromatic rings. The fourth-order valence-corrected chi connectivity index (χ4v) is 14.3. The van der Waals surface area contributed by atoms with Crippen molar-refractivity contribution in [2.45, 2.75) is 17.8 Å². The van der Waals surface area contributed by atoms with Crippen LogP contribution < -0.4 is 5.73 Å². The summed E-state index contributed by atoms with van der Waals surface area (Å²) in [5.41, 5.74) is 33.2. The molecule has 0 atom stereocenters. The summed E-state index contributed by atoms with van der Waals surface area (Å²) in [4.78, 5) is 0. The topological polar surface area (TPSA) is 49.9 Å². The minimum absolute atomic E-state index is 0.397. The summed E-state index contributed by atoms with van der Waals surface area (Å²) < 4.78 is 0. The molecule has 0 aliphatic heterocycles. The maximum Gasteiger partial charge on any atom is 0.0725 e. The monoisotopic (exact) mass is 966 g/mol. The first-order valence-corrected chi connectivity index (χ1v) is 26.3. The quantitative estimate of drug-likeness (QED) is 0.0933. The molecular weight excluding hydrogens is 917 g/mol. The normalized spacial score (nSPS) is 14.5. The van der Waals surface area contributed by atoms with Gasteiger partial charge in [0, 0.05) is 5.56 Å². The number of fused-ring (bicyclic) bond motifs is 22. The number of benzene rings is 11. The fourth-order valence-electron chi connectivity index (χ4n) is 14.3. The number of nitrogens with two attached hydrogens (primary N) is 1. The lowest BCUT2D eigenvalue weighted by atomic mass is 9.70. The van der Waals surface area contributed by atoms with E-state index in [0.29, 0.717) is 5.71 Å². The molecule has 15 rings (SSSR count). The first-order chi connectivity index (χ1) is 37.5. The van der Waals surface area contributed by atoms with E-state index in [4.69, 9.17) is 5.73 Å². The lowest BCUT2D eigenvalue weighted by Crippen LogP contribution is -2.25. The summed E-state index contributed by atoms with van der Waals surface area (Å²) >= 11 is 0. The van der Waals surface area contributed by atoms with E-state index in [1.54, 1.807) is 0 Å². The Bertz CT molecular complexity index is 4350. The molecule has 356 valence electrons.